The number of ether oxygens (including phenoxy) is 3. The van der Waals surface area contributed by atoms with Gasteiger partial charge in [0.2, 0.25) is 5.91 Å². The molecule has 2 aromatic heterocycles. The molecule has 0 fully saturated rings. The molecule has 0 atom stereocenters. The second-order valence-corrected chi connectivity index (χ2v) is 9.01. The van der Waals surface area contributed by atoms with E-state index in [2.05, 4.69) is 20.8 Å². The minimum absolute atomic E-state index is 0.00891. The number of carbonyl (C=O) groups is 3. The second kappa shape index (κ2) is 13.3. The fourth-order valence-corrected chi connectivity index (χ4v) is 4.37. The molecule has 0 bridgehead atoms. The van der Waals surface area contributed by atoms with Gasteiger partial charge in [0.05, 0.1) is 50.6 Å². The fourth-order valence-electron chi connectivity index (χ4n) is 3.61. The van der Waals surface area contributed by atoms with E-state index in [0.29, 0.717) is 39.4 Å². The average Bonchev–Trinajstić information content (AvgIpc) is 3.65. The van der Waals surface area contributed by atoms with E-state index in [0.717, 1.165) is 11.8 Å². The van der Waals surface area contributed by atoms with Crippen molar-refractivity contribution < 1.29 is 33.0 Å². The van der Waals surface area contributed by atoms with Gasteiger partial charge in [-0.25, -0.2) is 4.79 Å². The number of hydrogen-bond donors (Lipinski definition) is 2. The molecule has 0 aliphatic rings. The lowest BCUT2D eigenvalue weighted by Gasteiger charge is -2.15. The molecule has 2 N–H and O–H groups in total. The number of carbonyl (C=O) groups excluding carboxylic acids is 3. The molecule has 12 nitrogen and oxygen atoms in total. The maximum atomic E-state index is 12.7. The van der Waals surface area contributed by atoms with Crippen molar-refractivity contribution >= 4 is 35.2 Å². The summed E-state index contributed by atoms with van der Waals surface area (Å²) in [5, 5.41) is 14.5. The molecule has 2 heterocycles. The van der Waals surface area contributed by atoms with Crippen molar-refractivity contribution in [3.05, 3.63) is 78.0 Å². The lowest BCUT2D eigenvalue weighted by atomic mass is 10.2. The molecular weight excluding hydrogens is 538 g/mol. The van der Waals surface area contributed by atoms with Gasteiger partial charge < -0.3 is 29.3 Å². The summed E-state index contributed by atoms with van der Waals surface area (Å²) in [6, 6.07) is 14.8. The Bertz CT molecular complexity index is 1470. The number of anilines is 1. The van der Waals surface area contributed by atoms with Gasteiger partial charge in [-0.05, 0) is 55.5 Å². The summed E-state index contributed by atoms with van der Waals surface area (Å²) in [5.41, 5.74) is 1.51. The Labute approximate surface area is 234 Å². The van der Waals surface area contributed by atoms with Gasteiger partial charge in [0, 0.05) is 11.8 Å². The first-order valence-corrected chi connectivity index (χ1v) is 13.1. The van der Waals surface area contributed by atoms with Crippen LogP contribution in [0.3, 0.4) is 0 Å². The zero-order chi connectivity index (χ0) is 28.5. The van der Waals surface area contributed by atoms with Gasteiger partial charge >= 0.3 is 5.97 Å². The number of hydrogen-bond acceptors (Lipinski definition) is 10. The summed E-state index contributed by atoms with van der Waals surface area (Å²) >= 11 is 1.15. The maximum absolute atomic E-state index is 12.7. The van der Waals surface area contributed by atoms with E-state index in [-0.39, 0.29) is 30.6 Å². The molecule has 0 aliphatic heterocycles. The third kappa shape index (κ3) is 6.80. The number of methoxy groups -OCH3 is 2. The number of furan rings is 1. The van der Waals surface area contributed by atoms with E-state index >= 15 is 0 Å². The largest absolute Gasteiger partial charge is 0.497 e. The topological polar surface area (TPSA) is 147 Å². The van der Waals surface area contributed by atoms with E-state index in [4.69, 9.17) is 18.6 Å². The zero-order valence-electron chi connectivity index (χ0n) is 22.0. The number of thioether (sulfide) groups is 1. The molecule has 0 radical (unpaired) electrons. The van der Waals surface area contributed by atoms with Crippen LogP contribution in [-0.2, 0) is 16.1 Å². The highest BCUT2D eigenvalue weighted by atomic mass is 32.2. The monoisotopic (exact) mass is 565 g/mol. The number of nitrogens with zero attached hydrogens (tertiary/aromatic N) is 3. The van der Waals surface area contributed by atoms with E-state index < -0.39 is 11.9 Å². The van der Waals surface area contributed by atoms with Crippen LogP contribution >= 0.6 is 11.8 Å². The summed E-state index contributed by atoms with van der Waals surface area (Å²) in [5.74, 6) is 0.502. The van der Waals surface area contributed by atoms with Crippen LogP contribution in [0.5, 0.6) is 11.5 Å². The van der Waals surface area contributed by atoms with Crippen molar-refractivity contribution in [2.75, 3.05) is 31.9 Å². The Morgan fingerprint density at radius 3 is 2.50 bits per heavy atom. The highest BCUT2D eigenvalue weighted by Crippen LogP contribution is 2.32. The fraction of sp³-hybridized carbons (Fsp3) is 0.222. The predicted octanol–water partition coefficient (Wildman–Crippen LogP) is 3.72. The third-order valence-electron chi connectivity index (χ3n) is 5.49. The molecule has 2 aromatic carbocycles. The van der Waals surface area contributed by atoms with Gasteiger partial charge in [0.25, 0.3) is 5.91 Å². The lowest BCUT2D eigenvalue weighted by Crippen LogP contribution is -2.24. The molecule has 40 heavy (non-hydrogen) atoms. The van der Waals surface area contributed by atoms with Crippen LogP contribution in [0.25, 0.3) is 5.69 Å². The van der Waals surface area contributed by atoms with Gasteiger partial charge in [-0.2, -0.15) is 0 Å². The molecule has 13 heteroatoms. The molecule has 4 rings (SSSR count). The van der Waals surface area contributed by atoms with Gasteiger partial charge in [-0.1, -0.05) is 11.8 Å². The highest BCUT2D eigenvalue weighted by Gasteiger charge is 2.20. The Hall–Kier alpha value is -4.78. The van der Waals surface area contributed by atoms with Crippen LogP contribution in [-0.4, -0.2) is 59.1 Å². The standard InChI is InChI=1S/C27H27N5O7S/c1-4-38-26(35)17-7-9-18(10-8-17)29-24(33)16-40-27-31-30-23(15-28-25(34)21-6-5-13-39-21)32(27)20-12-11-19(36-2)14-22(20)37-3/h5-14H,4,15-16H2,1-3H3,(H,28,34)(H,29,33). The SMILES string of the molecule is CCOC(=O)c1ccc(NC(=O)CSc2nnc(CNC(=O)c3ccco3)n2-c2ccc(OC)cc2OC)cc1. The summed E-state index contributed by atoms with van der Waals surface area (Å²) in [6.45, 7) is 2.04. The van der Waals surface area contributed by atoms with Gasteiger partial charge in [-0.3, -0.25) is 14.2 Å². The maximum Gasteiger partial charge on any atom is 0.338 e. The van der Waals surface area contributed by atoms with Crippen molar-refractivity contribution in [3.63, 3.8) is 0 Å². The Balaban J connectivity index is 1.51. The van der Waals surface area contributed by atoms with Crippen molar-refractivity contribution in [3.8, 4) is 17.2 Å². The summed E-state index contributed by atoms with van der Waals surface area (Å²) in [7, 11) is 3.07. The van der Waals surface area contributed by atoms with Crippen LogP contribution in [0, 0.1) is 0 Å². The van der Waals surface area contributed by atoms with Crippen molar-refractivity contribution in [2.45, 2.75) is 18.6 Å². The van der Waals surface area contributed by atoms with E-state index in [1.807, 2.05) is 0 Å². The summed E-state index contributed by atoms with van der Waals surface area (Å²) < 4.78 is 22.7. The number of nitrogens with one attached hydrogen (secondary N) is 2. The predicted molar refractivity (Wildman–Crippen MR) is 146 cm³/mol. The first-order chi connectivity index (χ1) is 19.4. The first kappa shape index (κ1) is 28.2. The normalized spacial score (nSPS) is 10.6. The van der Waals surface area contributed by atoms with E-state index in [1.54, 1.807) is 73.2 Å². The lowest BCUT2D eigenvalue weighted by molar-refractivity contribution is -0.113. The average molecular weight is 566 g/mol. The molecule has 0 saturated heterocycles. The number of amides is 2. The Morgan fingerprint density at radius 2 is 1.82 bits per heavy atom. The molecular formula is C27H27N5O7S. The van der Waals surface area contributed by atoms with Gasteiger partial charge in [-0.15, -0.1) is 10.2 Å². The van der Waals surface area contributed by atoms with Crippen LogP contribution in [0.1, 0.15) is 33.7 Å². The van der Waals surface area contributed by atoms with Crippen molar-refractivity contribution in [1.29, 1.82) is 0 Å². The number of rotatable bonds is 12. The molecule has 208 valence electrons. The molecule has 2 amide bonds. The van der Waals surface area contributed by atoms with Gasteiger partial charge in [0.1, 0.15) is 11.5 Å². The van der Waals surface area contributed by atoms with E-state index in [9.17, 15) is 14.4 Å². The van der Waals surface area contributed by atoms with Gasteiger partial charge in [0.15, 0.2) is 16.7 Å². The minimum Gasteiger partial charge on any atom is -0.497 e. The molecule has 0 aliphatic carbocycles. The van der Waals surface area contributed by atoms with Crippen LogP contribution in [0.4, 0.5) is 5.69 Å². The number of benzene rings is 2. The molecule has 0 unspecified atom stereocenters. The summed E-state index contributed by atoms with van der Waals surface area (Å²) in [4.78, 5) is 37.0. The molecule has 0 spiro atoms. The zero-order valence-corrected chi connectivity index (χ0v) is 22.8. The minimum atomic E-state index is -0.430. The highest BCUT2D eigenvalue weighted by molar-refractivity contribution is 7.99. The Kier molecular flexibility index (Phi) is 9.41. The first-order valence-electron chi connectivity index (χ1n) is 12.1. The second-order valence-electron chi connectivity index (χ2n) is 8.07. The Morgan fingerprint density at radius 1 is 1.02 bits per heavy atom. The van der Waals surface area contributed by atoms with Crippen LogP contribution in [0.2, 0.25) is 0 Å². The smallest absolute Gasteiger partial charge is 0.338 e. The molecule has 0 saturated carbocycles. The molecule has 4 aromatic rings. The van der Waals surface area contributed by atoms with E-state index in [1.165, 1.54) is 13.4 Å². The summed E-state index contributed by atoms with van der Waals surface area (Å²) in [6.07, 6.45) is 1.41. The quantitative estimate of drug-likeness (QED) is 0.192. The third-order valence-corrected chi connectivity index (χ3v) is 6.42. The van der Waals surface area contributed by atoms with Crippen LogP contribution in [0.15, 0.2) is 70.4 Å². The van der Waals surface area contributed by atoms with Crippen molar-refractivity contribution in [2.24, 2.45) is 0 Å². The number of esters is 1. The van der Waals surface area contributed by atoms with Crippen molar-refractivity contribution in [1.82, 2.24) is 20.1 Å². The number of aromatic nitrogens is 3. The van der Waals surface area contributed by atoms with Crippen LogP contribution < -0.4 is 20.1 Å².